The molecule has 100 valence electrons. The van der Waals surface area contributed by atoms with Crippen LogP contribution < -0.4 is 11.1 Å². The summed E-state index contributed by atoms with van der Waals surface area (Å²) in [6, 6.07) is 5.22. The van der Waals surface area contributed by atoms with Crippen molar-refractivity contribution in [3.05, 3.63) is 33.8 Å². The average molecular weight is 289 g/mol. The second kappa shape index (κ2) is 6.98. The molecule has 3 N–H and O–H groups in total. The molecule has 0 radical (unpaired) electrons. The van der Waals surface area contributed by atoms with E-state index in [2.05, 4.69) is 5.32 Å². The summed E-state index contributed by atoms with van der Waals surface area (Å²) in [6.07, 6.45) is 0.733. The number of halogens is 2. The molecule has 2 unspecified atom stereocenters. The maximum atomic E-state index is 11.9. The highest BCUT2D eigenvalue weighted by Gasteiger charge is 2.17. The van der Waals surface area contributed by atoms with E-state index < -0.39 is 0 Å². The lowest BCUT2D eigenvalue weighted by Crippen LogP contribution is -2.36. The highest BCUT2D eigenvalue weighted by atomic mass is 35.5. The van der Waals surface area contributed by atoms with Gasteiger partial charge in [-0.05, 0) is 31.0 Å². The largest absolute Gasteiger partial charge is 0.349 e. The first-order valence-electron chi connectivity index (χ1n) is 5.95. The Balaban J connectivity index is 2.73. The molecule has 0 spiro atoms. The van der Waals surface area contributed by atoms with Gasteiger partial charge in [-0.1, -0.05) is 36.2 Å². The van der Waals surface area contributed by atoms with Crippen molar-refractivity contribution in [1.29, 1.82) is 0 Å². The van der Waals surface area contributed by atoms with Crippen LogP contribution in [0.1, 0.15) is 31.9 Å². The third-order valence-electron chi connectivity index (χ3n) is 2.95. The number of carbonyl (C=O) groups is 1. The topological polar surface area (TPSA) is 55.1 Å². The van der Waals surface area contributed by atoms with Crippen molar-refractivity contribution in [2.24, 2.45) is 11.7 Å². The van der Waals surface area contributed by atoms with Crippen LogP contribution in [-0.4, -0.2) is 12.5 Å². The number of rotatable bonds is 5. The molecule has 2 atom stereocenters. The van der Waals surface area contributed by atoms with E-state index in [-0.39, 0.29) is 17.9 Å². The van der Waals surface area contributed by atoms with Gasteiger partial charge in [-0.2, -0.15) is 0 Å². The van der Waals surface area contributed by atoms with Crippen LogP contribution in [0.4, 0.5) is 0 Å². The summed E-state index contributed by atoms with van der Waals surface area (Å²) in [7, 11) is 0. The normalized spacial score (nSPS) is 14.1. The lowest BCUT2D eigenvalue weighted by molar-refractivity contribution is -0.125. The fourth-order valence-electron chi connectivity index (χ4n) is 1.66. The van der Waals surface area contributed by atoms with Gasteiger partial charge < -0.3 is 11.1 Å². The van der Waals surface area contributed by atoms with Crippen molar-refractivity contribution in [1.82, 2.24) is 5.32 Å². The predicted molar refractivity (Wildman–Crippen MR) is 75.9 cm³/mol. The smallest absolute Gasteiger partial charge is 0.224 e. The first kappa shape index (κ1) is 15.3. The van der Waals surface area contributed by atoms with Crippen molar-refractivity contribution in [3.8, 4) is 0 Å². The van der Waals surface area contributed by atoms with Crippen molar-refractivity contribution in [2.45, 2.75) is 26.3 Å². The maximum absolute atomic E-state index is 11.9. The molecule has 0 bridgehead atoms. The monoisotopic (exact) mass is 288 g/mol. The number of nitrogens with one attached hydrogen (secondary N) is 1. The Labute approximate surface area is 118 Å². The highest BCUT2D eigenvalue weighted by molar-refractivity contribution is 6.42. The van der Waals surface area contributed by atoms with Gasteiger partial charge in [-0.15, -0.1) is 0 Å². The van der Waals surface area contributed by atoms with E-state index in [1.54, 1.807) is 12.1 Å². The minimum Gasteiger partial charge on any atom is -0.349 e. The summed E-state index contributed by atoms with van der Waals surface area (Å²) in [5.41, 5.74) is 6.46. The third kappa shape index (κ3) is 3.87. The summed E-state index contributed by atoms with van der Waals surface area (Å²) in [5.74, 6) is -0.172. The van der Waals surface area contributed by atoms with Crippen LogP contribution in [0.2, 0.25) is 10.0 Å². The second-order valence-electron chi connectivity index (χ2n) is 4.24. The first-order chi connectivity index (χ1) is 8.49. The van der Waals surface area contributed by atoms with Crippen LogP contribution in [0.25, 0.3) is 0 Å². The van der Waals surface area contributed by atoms with Gasteiger partial charge in [0.1, 0.15) is 0 Å². The zero-order valence-electron chi connectivity index (χ0n) is 10.5. The summed E-state index contributed by atoms with van der Waals surface area (Å²) < 4.78 is 0. The van der Waals surface area contributed by atoms with Gasteiger partial charge >= 0.3 is 0 Å². The Bertz CT molecular complexity index is 419. The Morgan fingerprint density at radius 1 is 1.39 bits per heavy atom. The number of amides is 1. The second-order valence-corrected chi connectivity index (χ2v) is 5.06. The molecule has 5 heteroatoms. The Morgan fingerprint density at radius 3 is 2.56 bits per heavy atom. The molecule has 0 aromatic heterocycles. The van der Waals surface area contributed by atoms with Crippen molar-refractivity contribution in [3.63, 3.8) is 0 Å². The van der Waals surface area contributed by atoms with Crippen LogP contribution in [0.15, 0.2) is 18.2 Å². The number of nitrogens with two attached hydrogens (primary N) is 1. The third-order valence-corrected chi connectivity index (χ3v) is 3.69. The Morgan fingerprint density at radius 2 is 2.06 bits per heavy atom. The van der Waals surface area contributed by atoms with Gasteiger partial charge in [-0.25, -0.2) is 0 Å². The zero-order valence-corrected chi connectivity index (χ0v) is 12.1. The molecule has 1 rings (SSSR count). The average Bonchev–Trinajstić information content (AvgIpc) is 2.34. The van der Waals surface area contributed by atoms with E-state index in [0.717, 1.165) is 12.0 Å². The first-order valence-corrected chi connectivity index (χ1v) is 6.70. The molecule has 0 fully saturated rings. The summed E-state index contributed by atoms with van der Waals surface area (Å²) in [6.45, 7) is 4.21. The van der Waals surface area contributed by atoms with E-state index in [4.69, 9.17) is 28.9 Å². The van der Waals surface area contributed by atoms with Crippen LogP contribution in [0.3, 0.4) is 0 Å². The van der Waals surface area contributed by atoms with Gasteiger partial charge in [0.15, 0.2) is 0 Å². The maximum Gasteiger partial charge on any atom is 0.224 e. The molecule has 0 heterocycles. The molecule has 0 aliphatic heterocycles. The van der Waals surface area contributed by atoms with Crippen LogP contribution >= 0.6 is 23.2 Å². The van der Waals surface area contributed by atoms with Gasteiger partial charge in [0.25, 0.3) is 0 Å². The van der Waals surface area contributed by atoms with Crippen molar-refractivity contribution >= 4 is 29.1 Å². The molecule has 3 nitrogen and oxygen atoms in total. The Kier molecular flexibility index (Phi) is 5.93. The molecule has 18 heavy (non-hydrogen) atoms. The number of carbonyl (C=O) groups excluding carboxylic acids is 1. The molecule has 1 amide bonds. The minimum absolute atomic E-state index is 0.0291. The van der Waals surface area contributed by atoms with E-state index in [1.807, 2.05) is 19.9 Å². The van der Waals surface area contributed by atoms with Crippen LogP contribution in [0.5, 0.6) is 0 Å². The molecule has 0 aliphatic rings. The fourth-order valence-corrected chi connectivity index (χ4v) is 1.96. The lowest BCUT2D eigenvalue weighted by atomic mass is 10.0. The van der Waals surface area contributed by atoms with E-state index in [9.17, 15) is 4.79 Å². The molecule has 0 aliphatic carbocycles. The van der Waals surface area contributed by atoms with Gasteiger partial charge in [0.05, 0.1) is 16.1 Å². The Hall–Kier alpha value is -0.770. The summed E-state index contributed by atoms with van der Waals surface area (Å²) >= 11 is 11.8. The van der Waals surface area contributed by atoms with E-state index in [0.29, 0.717) is 16.6 Å². The summed E-state index contributed by atoms with van der Waals surface area (Å²) in [5, 5.41) is 3.92. The number of benzene rings is 1. The van der Waals surface area contributed by atoms with Gasteiger partial charge in [0, 0.05) is 12.5 Å². The standard InChI is InChI=1S/C13H18Cl2N2O/c1-3-9(7-16)13(18)17-8(2)10-4-5-11(14)12(15)6-10/h4-6,8-9H,3,7,16H2,1-2H3,(H,17,18). The molecule has 0 saturated carbocycles. The number of hydrogen-bond acceptors (Lipinski definition) is 2. The van der Waals surface area contributed by atoms with Crippen LogP contribution in [0, 0.1) is 5.92 Å². The van der Waals surface area contributed by atoms with Crippen molar-refractivity contribution < 1.29 is 4.79 Å². The lowest BCUT2D eigenvalue weighted by Gasteiger charge is -2.18. The molecular formula is C13H18Cl2N2O. The van der Waals surface area contributed by atoms with E-state index >= 15 is 0 Å². The molecule has 0 saturated heterocycles. The van der Waals surface area contributed by atoms with Gasteiger partial charge in [0.2, 0.25) is 5.91 Å². The molecule has 1 aromatic rings. The van der Waals surface area contributed by atoms with Crippen LogP contribution in [-0.2, 0) is 4.79 Å². The molecular weight excluding hydrogens is 271 g/mol. The minimum atomic E-state index is -0.143. The zero-order chi connectivity index (χ0) is 13.7. The fraction of sp³-hybridized carbons (Fsp3) is 0.462. The highest BCUT2D eigenvalue weighted by Crippen LogP contribution is 2.25. The van der Waals surface area contributed by atoms with Gasteiger partial charge in [-0.3, -0.25) is 4.79 Å². The number of hydrogen-bond donors (Lipinski definition) is 2. The SMILES string of the molecule is CCC(CN)C(=O)NC(C)c1ccc(Cl)c(Cl)c1. The van der Waals surface area contributed by atoms with E-state index in [1.165, 1.54) is 0 Å². The quantitative estimate of drug-likeness (QED) is 0.874. The van der Waals surface area contributed by atoms with Crippen molar-refractivity contribution in [2.75, 3.05) is 6.54 Å². The molecule has 1 aromatic carbocycles. The summed E-state index contributed by atoms with van der Waals surface area (Å²) in [4.78, 5) is 11.9. The predicted octanol–water partition coefficient (Wildman–Crippen LogP) is 3.16.